The summed E-state index contributed by atoms with van der Waals surface area (Å²) in [7, 11) is 3.11. The number of fused-ring (bicyclic) bond motifs is 1. The van der Waals surface area contributed by atoms with Gasteiger partial charge in [-0.1, -0.05) is 19.0 Å². The molecule has 10 nitrogen and oxygen atoms in total. The molecule has 3 heterocycles. The van der Waals surface area contributed by atoms with Crippen molar-refractivity contribution in [2.75, 3.05) is 14.2 Å². The number of pyridine rings is 1. The largest absolute Gasteiger partial charge is 0.493 e. The molecule has 0 amide bonds. The van der Waals surface area contributed by atoms with Crippen LogP contribution in [0.1, 0.15) is 61.6 Å². The fraction of sp³-hybridized carbons (Fsp3) is 0.375. The topological polar surface area (TPSA) is 114 Å². The van der Waals surface area contributed by atoms with E-state index in [4.69, 9.17) is 23.7 Å². The van der Waals surface area contributed by atoms with Crippen molar-refractivity contribution in [3.8, 4) is 22.9 Å². The standard InChI is InChI=1S/C24H27N5O5/c1-13(2)18-10-16(17-11-25-29(14(3)4)23(17)26-18)24(30)33-12-21-27-22(28-34-21)15-7-8-19(31-5)20(9-15)32-6/h7-11,13-14H,12H2,1-6H3. The van der Waals surface area contributed by atoms with Crippen LogP contribution in [-0.2, 0) is 11.3 Å². The third-order valence-electron chi connectivity index (χ3n) is 5.32. The molecular weight excluding hydrogens is 438 g/mol. The second kappa shape index (κ2) is 9.50. The molecular formula is C24H27N5O5. The summed E-state index contributed by atoms with van der Waals surface area (Å²) in [5, 5.41) is 9.03. The third-order valence-corrected chi connectivity index (χ3v) is 5.32. The summed E-state index contributed by atoms with van der Waals surface area (Å²) in [6.45, 7) is 7.90. The van der Waals surface area contributed by atoms with Gasteiger partial charge in [0.2, 0.25) is 5.82 Å². The van der Waals surface area contributed by atoms with Gasteiger partial charge in [-0.05, 0) is 44.0 Å². The Morgan fingerprint density at radius 2 is 1.82 bits per heavy atom. The molecule has 0 bridgehead atoms. The van der Waals surface area contributed by atoms with Crippen molar-refractivity contribution in [1.29, 1.82) is 0 Å². The Bertz CT molecular complexity index is 1320. The number of benzene rings is 1. The summed E-state index contributed by atoms with van der Waals surface area (Å²) in [4.78, 5) is 22.1. The second-order valence-corrected chi connectivity index (χ2v) is 8.33. The molecule has 0 radical (unpaired) electrons. The highest BCUT2D eigenvalue weighted by Gasteiger charge is 2.21. The molecule has 1 aromatic carbocycles. The zero-order valence-corrected chi connectivity index (χ0v) is 20.0. The molecule has 4 aromatic rings. The molecule has 0 aliphatic heterocycles. The van der Waals surface area contributed by atoms with Gasteiger partial charge in [-0.2, -0.15) is 10.1 Å². The average Bonchev–Trinajstić information content (AvgIpc) is 3.48. The summed E-state index contributed by atoms with van der Waals surface area (Å²) in [5.74, 6) is 1.27. The first-order valence-electron chi connectivity index (χ1n) is 10.9. The molecule has 0 fully saturated rings. The smallest absolute Gasteiger partial charge is 0.339 e. The van der Waals surface area contributed by atoms with E-state index in [0.717, 1.165) is 5.69 Å². The average molecular weight is 466 g/mol. The van der Waals surface area contributed by atoms with Crippen LogP contribution in [0.3, 0.4) is 0 Å². The minimum atomic E-state index is -0.511. The maximum atomic E-state index is 13.0. The number of carbonyl (C=O) groups excluding carboxylic acids is 1. The van der Waals surface area contributed by atoms with Crippen LogP contribution in [0.5, 0.6) is 11.5 Å². The first-order chi connectivity index (χ1) is 16.3. The Morgan fingerprint density at radius 3 is 2.50 bits per heavy atom. The van der Waals surface area contributed by atoms with E-state index in [1.165, 1.54) is 0 Å². The van der Waals surface area contributed by atoms with Crippen molar-refractivity contribution in [1.82, 2.24) is 24.9 Å². The molecule has 0 saturated carbocycles. The molecule has 0 unspecified atom stereocenters. The number of esters is 1. The Labute approximate surface area is 196 Å². The van der Waals surface area contributed by atoms with E-state index in [1.54, 1.807) is 49.4 Å². The Morgan fingerprint density at radius 1 is 1.06 bits per heavy atom. The van der Waals surface area contributed by atoms with Crippen molar-refractivity contribution < 1.29 is 23.5 Å². The fourth-order valence-corrected chi connectivity index (χ4v) is 3.49. The van der Waals surface area contributed by atoms with Gasteiger partial charge in [0.25, 0.3) is 5.89 Å². The number of nitrogens with zero attached hydrogens (tertiary/aromatic N) is 5. The van der Waals surface area contributed by atoms with Crippen LogP contribution >= 0.6 is 0 Å². The van der Waals surface area contributed by atoms with Gasteiger partial charge in [-0.3, -0.25) is 0 Å². The number of hydrogen-bond acceptors (Lipinski definition) is 9. The van der Waals surface area contributed by atoms with Crippen LogP contribution in [0.25, 0.3) is 22.4 Å². The van der Waals surface area contributed by atoms with Crippen LogP contribution in [0, 0.1) is 0 Å². The lowest BCUT2D eigenvalue weighted by Gasteiger charge is -2.11. The van der Waals surface area contributed by atoms with Gasteiger partial charge >= 0.3 is 5.97 Å². The van der Waals surface area contributed by atoms with Crippen molar-refractivity contribution in [2.24, 2.45) is 0 Å². The van der Waals surface area contributed by atoms with Crippen molar-refractivity contribution >= 4 is 17.0 Å². The quantitative estimate of drug-likeness (QED) is 0.345. The van der Waals surface area contributed by atoms with Gasteiger partial charge in [0, 0.05) is 17.3 Å². The van der Waals surface area contributed by atoms with E-state index in [9.17, 15) is 4.79 Å². The SMILES string of the molecule is COc1ccc(-c2noc(COC(=O)c3cc(C(C)C)nc4c3cnn4C(C)C)n2)cc1OC. The molecule has 3 aromatic heterocycles. The third kappa shape index (κ3) is 4.43. The molecule has 0 spiro atoms. The predicted molar refractivity (Wildman–Crippen MR) is 124 cm³/mol. The summed E-state index contributed by atoms with van der Waals surface area (Å²) < 4.78 is 23.2. The molecule has 34 heavy (non-hydrogen) atoms. The zero-order valence-electron chi connectivity index (χ0n) is 20.0. The van der Waals surface area contributed by atoms with Gasteiger partial charge in [-0.15, -0.1) is 0 Å². The van der Waals surface area contributed by atoms with Crippen LogP contribution in [0.4, 0.5) is 0 Å². The number of carbonyl (C=O) groups is 1. The highest BCUT2D eigenvalue weighted by molar-refractivity contribution is 6.02. The fourth-order valence-electron chi connectivity index (χ4n) is 3.49. The number of rotatable bonds is 8. The first-order valence-corrected chi connectivity index (χ1v) is 10.9. The zero-order chi connectivity index (χ0) is 24.4. The van der Waals surface area contributed by atoms with Crippen LogP contribution in [0.15, 0.2) is 35.0 Å². The lowest BCUT2D eigenvalue weighted by atomic mass is 10.1. The summed E-state index contributed by atoms with van der Waals surface area (Å²) in [6.07, 6.45) is 1.64. The number of aromatic nitrogens is 5. The van der Waals surface area contributed by atoms with Gasteiger partial charge in [-0.25, -0.2) is 14.5 Å². The summed E-state index contributed by atoms with van der Waals surface area (Å²) >= 11 is 0. The number of hydrogen-bond donors (Lipinski definition) is 0. The molecule has 10 heteroatoms. The van der Waals surface area contributed by atoms with Gasteiger partial charge < -0.3 is 18.7 Å². The molecule has 0 aliphatic rings. The van der Waals surface area contributed by atoms with Crippen LogP contribution in [-0.4, -0.2) is 45.1 Å². The summed E-state index contributed by atoms with van der Waals surface area (Å²) in [6, 6.07) is 7.14. The van der Waals surface area contributed by atoms with Crippen molar-refractivity contribution in [3.05, 3.63) is 47.6 Å². The van der Waals surface area contributed by atoms with Crippen molar-refractivity contribution in [3.63, 3.8) is 0 Å². The monoisotopic (exact) mass is 465 g/mol. The Hall–Kier alpha value is -3.95. The predicted octanol–water partition coefficient (Wildman–Crippen LogP) is 4.56. The maximum Gasteiger partial charge on any atom is 0.339 e. The van der Waals surface area contributed by atoms with E-state index in [1.807, 2.05) is 27.7 Å². The molecule has 0 saturated heterocycles. The molecule has 0 N–H and O–H groups in total. The van der Waals surface area contributed by atoms with E-state index in [0.29, 0.717) is 39.5 Å². The normalized spacial score (nSPS) is 11.4. The summed E-state index contributed by atoms with van der Waals surface area (Å²) in [5.41, 5.74) is 2.52. The Balaban J connectivity index is 1.55. The lowest BCUT2D eigenvalue weighted by Crippen LogP contribution is -2.10. The second-order valence-electron chi connectivity index (χ2n) is 8.33. The van der Waals surface area contributed by atoms with Crippen LogP contribution < -0.4 is 9.47 Å². The number of methoxy groups -OCH3 is 2. The van der Waals surface area contributed by atoms with Gasteiger partial charge in [0.15, 0.2) is 23.8 Å². The lowest BCUT2D eigenvalue weighted by molar-refractivity contribution is 0.0432. The van der Waals surface area contributed by atoms with Gasteiger partial charge in [0.1, 0.15) is 0 Å². The van der Waals surface area contributed by atoms with E-state index < -0.39 is 5.97 Å². The van der Waals surface area contributed by atoms with Gasteiger partial charge in [0.05, 0.1) is 31.4 Å². The highest BCUT2D eigenvalue weighted by Crippen LogP contribution is 2.31. The molecule has 0 atom stereocenters. The van der Waals surface area contributed by atoms with E-state index >= 15 is 0 Å². The molecule has 4 rings (SSSR count). The minimum absolute atomic E-state index is 0.102. The molecule has 0 aliphatic carbocycles. The van der Waals surface area contributed by atoms with E-state index in [2.05, 4.69) is 15.2 Å². The first kappa shape index (κ1) is 23.2. The molecule has 178 valence electrons. The Kier molecular flexibility index (Phi) is 6.49. The van der Waals surface area contributed by atoms with E-state index in [-0.39, 0.29) is 24.5 Å². The maximum absolute atomic E-state index is 13.0. The van der Waals surface area contributed by atoms with Crippen molar-refractivity contribution in [2.45, 2.75) is 46.3 Å². The van der Waals surface area contributed by atoms with Crippen LogP contribution in [0.2, 0.25) is 0 Å². The number of ether oxygens (including phenoxy) is 3. The highest BCUT2D eigenvalue weighted by atomic mass is 16.6. The minimum Gasteiger partial charge on any atom is -0.493 e.